The summed E-state index contributed by atoms with van der Waals surface area (Å²) in [6.07, 6.45) is 2.28. The van der Waals surface area contributed by atoms with E-state index in [1.807, 2.05) is 14.0 Å². The molecule has 3 rings (SSSR count). The highest BCUT2D eigenvalue weighted by molar-refractivity contribution is 6.31. The van der Waals surface area contributed by atoms with E-state index in [2.05, 4.69) is 10.00 Å². The maximum absolute atomic E-state index is 10.5. The summed E-state index contributed by atoms with van der Waals surface area (Å²) in [5.41, 5.74) is 1.68. The SMILES string of the molecule is Cc1nn(C)c(CC(O)C2CN3CCCC3CO2)c1Cl. The summed E-state index contributed by atoms with van der Waals surface area (Å²) >= 11 is 6.24. The van der Waals surface area contributed by atoms with E-state index in [-0.39, 0.29) is 6.10 Å². The number of aliphatic hydroxyl groups is 1. The molecule has 3 heterocycles. The maximum atomic E-state index is 10.5. The molecule has 0 aromatic carbocycles. The molecule has 5 nitrogen and oxygen atoms in total. The van der Waals surface area contributed by atoms with Crippen molar-refractivity contribution in [1.29, 1.82) is 0 Å². The van der Waals surface area contributed by atoms with Crippen LogP contribution in [0.4, 0.5) is 0 Å². The van der Waals surface area contributed by atoms with E-state index in [0.29, 0.717) is 17.5 Å². The number of aliphatic hydroxyl groups excluding tert-OH is 1. The van der Waals surface area contributed by atoms with Gasteiger partial charge in [0.25, 0.3) is 0 Å². The van der Waals surface area contributed by atoms with Crippen LogP contribution in [0.25, 0.3) is 0 Å². The molecule has 1 aromatic rings. The number of morpholine rings is 1. The molecule has 0 bridgehead atoms. The van der Waals surface area contributed by atoms with Crippen LogP contribution in [0, 0.1) is 6.92 Å². The van der Waals surface area contributed by atoms with Gasteiger partial charge in [-0.05, 0) is 26.3 Å². The Labute approximate surface area is 124 Å². The molecular formula is C14H22ClN3O2. The third-order valence-corrected chi connectivity index (χ3v) is 5.00. The quantitative estimate of drug-likeness (QED) is 0.910. The van der Waals surface area contributed by atoms with Crippen molar-refractivity contribution in [3.8, 4) is 0 Å². The summed E-state index contributed by atoms with van der Waals surface area (Å²) in [5, 5.41) is 15.4. The Balaban J connectivity index is 1.65. The molecule has 2 aliphatic rings. The van der Waals surface area contributed by atoms with Gasteiger partial charge in [-0.1, -0.05) is 11.6 Å². The summed E-state index contributed by atoms with van der Waals surface area (Å²) in [4.78, 5) is 2.44. The van der Waals surface area contributed by atoms with Gasteiger partial charge in [-0.25, -0.2) is 0 Å². The van der Waals surface area contributed by atoms with Crippen LogP contribution in [-0.4, -0.2) is 57.7 Å². The molecule has 112 valence electrons. The molecule has 2 fully saturated rings. The molecule has 3 atom stereocenters. The average Bonchev–Trinajstić information content (AvgIpc) is 2.98. The summed E-state index contributed by atoms with van der Waals surface area (Å²) < 4.78 is 7.60. The van der Waals surface area contributed by atoms with E-state index >= 15 is 0 Å². The number of aryl methyl sites for hydroxylation is 2. The lowest BCUT2D eigenvalue weighted by molar-refractivity contribution is -0.102. The summed E-state index contributed by atoms with van der Waals surface area (Å²) in [6.45, 7) is 4.56. The van der Waals surface area contributed by atoms with Gasteiger partial charge in [-0.15, -0.1) is 0 Å². The number of hydrogen-bond donors (Lipinski definition) is 1. The van der Waals surface area contributed by atoms with Gasteiger partial charge >= 0.3 is 0 Å². The fourth-order valence-corrected chi connectivity index (χ4v) is 3.54. The van der Waals surface area contributed by atoms with Crippen LogP contribution in [-0.2, 0) is 18.2 Å². The lowest BCUT2D eigenvalue weighted by atomic mass is 10.1. The second-order valence-electron chi connectivity index (χ2n) is 5.90. The first-order valence-corrected chi connectivity index (χ1v) is 7.65. The number of halogens is 1. The smallest absolute Gasteiger partial charge is 0.0965 e. The van der Waals surface area contributed by atoms with Gasteiger partial charge in [0.15, 0.2) is 0 Å². The van der Waals surface area contributed by atoms with E-state index in [4.69, 9.17) is 16.3 Å². The zero-order chi connectivity index (χ0) is 14.3. The average molecular weight is 300 g/mol. The Morgan fingerprint density at radius 2 is 2.35 bits per heavy atom. The van der Waals surface area contributed by atoms with Crippen LogP contribution < -0.4 is 0 Å². The molecule has 1 N–H and O–H groups in total. The van der Waals surface area contributed by atoms with Crippen molar-refractivity contribution in [2.45, 2.75) is 44.4 Å². The normalized spacial score (nSPS) is 28.6. The van der Waals surface area contributed by atoms with Crippen molar-refractivity contribution in [2.24, 2.45) is 7.05 Å². The van der Waals surface area contributed by atoms with E-state index in [1.54, 1.807) is 4.68 Å². The third-order valence-electron chi connectivity index (χ3n) is 4.51. The molecule has 3 unspecified atom stereocenters. The van der Waals surface area contributed by atoms with Crippen LogP contribution in [0.15, 0.2) is 0 Å². The third kappa shape index (κ3) is 2.60. The summed E-state index contributed by atoms with van der Waals surface area (Å²) in [5.74, 6) is 0. The van der Waals surface area contributed by atoms with Crippen molar-refractivity contribution in [2.75, 3.05) is 19.7 Å². The van der Waals surface area contributed by atoms with Gasteiger partial charge in [-0.2, -0.15) is 5.10 Å². The highest BCUT2D eigenvalue weighted by Gasteiger charge is 2.35. The van der Waals surface area contributed by atoms with Crippen LogP contribution >= 0.6 is 11.6 Å². The number of rotatable bonds is 3. The predicted octanol–water partition coefficient (Wildman–Crippen LogP) is 1.15. The van der Waals surface area contributed by atoms with Crippen LogP contribution in [0.1, 0.15) is 24.2 Å². The molecule has 20 heavy (non-hydrogen) atoms. The Bertz CT molecular complexity index is 491. The molecule has 0 amide bonds. The molecule has 6 heteroatoms. The molecule has 2 aliphatic heterocycles. The minimum atomic E-state index is -0.538. The second-order valence-corrected chi connectivity index (χ2v) is 6.28. The van der Waals surface area contributed by atoms with Gasteiger partial charge in [0.1, 0.15) is 0 Å². The number of nitrogens with zero attached hydrogens (tertiary/aromatic N) is 3. The van der Waals surface area contributed by atoms with Gasteiger partial charge in [0.2, 0.25) is 0 Å². The molecule has 0 radical (unpaired) electrons. The lowest BCUT2D eigenvalue weighted by Crippen LogP contribution is -2.50. The lowest BCUT2D eigenvalue weighted by Gasteiger charge is -2.37. The summed E-state index contributed by atoms with van der Waals surface area (Å²) in [7, 11) is 1.86. The van der Waals surface area contributed by atoms with E-state index in [1.165, 1.54) is 12.8 Å². The van der Waals surface area contributed by atoms with Crippen molar-refractivity contribution in [1.82, 2.24) is 14.7 Å². The molecule has 0 aliphatic carbocycles. The standard InChI is InChI=1S/C14H22ClN3O2/c1-9-14(15)11(17(2)16-9)6-12(19)13-7-18-5-3-4-10(18)8-20-13/h10,12-13,19H,3-8H2,1-2H3. The highest BCUT2D eigenvalue weighted by atomic mass is 35.5. The topological polar surface area (TPSA) is 50.5 Å². The number of fused-ring (bicyclic) bond motifs is 1. The number of hydrogen-bond acceptors (Lipinski definition) is 4. The summed E-state index contributed by atoms with van der Waals surface area (Å²) in [6, 6.07) is 0.556. The van der Waals surface area contributed by atoms with Crippen molar-refractivity contribution < 1.29 is 9.84 Å². The van der Waals surface area contributed by atoms with E-state index in [0.717, 1.165) is 31.1 Å². The Kier molecular flexibility index (Phi) is 4.04. The van der Waals surface area contributed by atoms with Crippen molar-refractivity contribution in [3.05, 3.63) is 16.4 Å². The first-order valence-electron chi connectivity index (χ1n) is 7.28. The first-order chi connectivity index (χ1) is 9.56. The molecule has 1 aromatic heterocycles. The van der Waals surface area contributed by atoms with Gasteiger partial charge < -0.3 is 9.84 Å². The number of aromatic nitrogens is 2. The largest absolute Gasteiger partial charge is 0.390 e. The van der Waals surface area contributed by atoms with E-state index in [9.17, 15) is 5.11 Å². The van der Waals surface area contributed by atoms with Crippen LogP contribution in [0.2, 0.25) is 5.02 Å². The van der Waals surface area contributed by atoms with Gasteiger partial charge in [-0.3, -0.25) is 9.58 Å². The Morgan fingerprint density at radius 3 is 3.05 bits per heavy atom. The Morgan fingerprint density at radius 1 is 1.55 bits per heavy atom. The van der Waals surface area contributed by atoms with Crippen LogP contribution in [0.5, 0.6) is 0 Å². The van der Waals surface area contributed by atoms with Crippen molar-refractivity contribution >= 4 is 11.6 Å². The van der Waals surface area contributed by atoms with Gasteiger partial charge in [0, 0.05) is 26.1 Å². The molecular weight excluding hydrogens is 278 g/mol. The zero-order valence-electron chi connectivity index (χ0n) is 12.0. The van der Waals surface area contributed by atoms with E-state index < -0.39 is 6.10 Å². The molecule has 0 saturated carbocycles. The van der Waals surface area contributed by atoms with Crippen LogP contribution in [0.3, 0.4) is 0 Å². The maximum Gasteiger partial charge on any atom is 0.0965 e. The van der Waals surface area contributed by atoms with Gasteiger partial charge in [0.05, 0.1) is 35.2 Å². The highest BCUT2D eigenvalue weighted by Crippen LogP contribution is 2.26. The predicted molar refractivity (Wildman–Crippen MR) is 77.0 cm³/mol. The second kappa shape index (κ2) is 5.64. The first kappa shape index (κ1) is 14.3. The zero-order valence-corrected chi connectivity index (χ0v) is 12.8. The number of ether oxygens (including phenoxy) is 1. The fraction of sp³-hybridized carbons (Fsp3) is 0.786. The monoisotopic (exact) mass is 299 g/mol. The fourth-order valence-electron chi connectivity index (χ4n) is 3.31. The van der Waals surface area contributed by atoms with Crippen molar-refractivity contribution in [3.63, 3.8) is 0 Å². The minimum absolute atomic E-state index is 0.129. The Hall–Kier alpha value is -0.620. The molecule has 0 spiro atoms. The molecule has 2 saturated heterocycles. The minimum Gasteiger partial charge on any atom is -0.390 e.